The van der Waals surface area contributed by atoms with Crippen LogP contribution >= 0.6 is 0 Å². The van der Waals surface area contributed by atoms with Crippen LogP contribution in [0.4, 0.5) is 0 Å². The first-order valence-corrected chi connectivity index (χ1v) is 8.25. The fraction of sp³-hybridized carbons (Fsp3) is 0.667. The number of hydrogen-bond donors (Lipinski definition) is 1. The van der Waals surface area contributed by atoms with Crippen molar-refractivity contribution >= 4 is 0 Å². The molecule has 3 nitrogen and oxygen atoms in total. The molecule has 2 N–H and O–H groups in total. The Hall–Kier alpha value is -1.06. The van der Waals surface area contributed by atoms with E-state index in [1.165, 1.54) is 43.5 Å². The molecule has 0 radical (unpaired) electrons. The summed E-state index contributed by atoms with van der Waals surface area (Å²) < 4.78 is 6.29. The van der Waals surface area contributed by atoms with Crippen LogP contribution < -0.4 is 10.5 Å². The van der Waals surface area contributed by atoms with Crippen LogP contribution in [0.15, 0.2) is 18.2 Å². The number of aryl methyl sites for hydroxylation is 1. The standard InChI is InChI=1S/C18H28N2O/c1-13-7-8-16-14(11-13)17(19)15(18(2,3)21-16)12-20-9-5-4-6-10-20/h7-8,11,15,17H,4-6,9-10,12,19H2,1-3H3. The molecule has 0 saturated carbocycles. The number of likely N-dealkylation sites (tertiary alicyclic amines) is 1. The lowest BCUT2D eigenvalue weighted by molar-refractivity contribution is -0.00914. The summed E-state index contributed by atoms with van der Waals surface area (Å²) in [5.41, 5.74) is 8.87. The monoisotopic (exact) mass is 288 g/mol. The van der Waals surface area contributed by atoms with Crippen LogP contribution in [0.3, 0.4) is 0 Å². The molecule has 0 bridgehead atoms. The van der Waals surface area contributed by atoms with Crippen molar-refractivity contribution in [2.24, 2.45) is 11.7 Å². The number of nitrogens with two attached hydrogens (primary N) is 1. The van der Waals surface area contributed by atoms with Crippen LogP contribution in [0.2, 0.25) is 0 Å². The molecule has 1 aromatic rings. The molecule has 0 aliphatic carbocycles. The fourth-order valence-electron chi connectivity index (χ4n) is 3.78. The maximum absolute atomic E-state index is 6.65. The van der Waals surface area contributed by atoms with Gasteiger partial charge in [-0.1, -0.05) is 24.1 Å². The van der Waals surface area contributed by atoms with E-state index in [9.17, 15) is 0 Å². The van der Waals surface area contributed by atoms with Crippen LogP contribution in [0, 0.1) is 12.8 Å². The second kappa shape index (κ2) is 5.62. The van der Waals surface area contributed by atoms with Crippen molar-refractivity contribution in [3.63, 3.8) is 0 Å². The van der Waals surface area contributed by atoms with Crippen molar-refractivity contribution in [3.05, 3.63) is 29.3 Å². The number of benzene rings is 1. The van der Waals surface area contributed by atoms with Crippen LogP contribution in [0.5, 0.6) is 5.75 Å². The van der Waals surface area contributed by atoms with Gasteiger partial charge in [0.05, 0.1) is 0 Å². The molecule has 2 atom stereocenters. The predicted molar refractivity (Wildman–Crippen MR) is 86.6 cm³/mol. The summed E-state index contributed by atoms with van der Waals surface area (Å²) in [5, 5.41) is 0. The number of hydrogen-bond acceptors (Lipinski definition) is 3. The second-order valence-corrected chi connectivity index (χ2v) is 7.24. The van der Waals surface area contributed by atoms with E-state index in [1.807, 2.05) is 0 Å². The third kappa shape index (κ3) is 2.95. The van der Waals surface area contributed by atoms with Gasteiger partial charge in [0.1, 0.15) is 11.4 Å². The summed E-state index contributed by atoms with van der Waals surface area (Å²) >= 11 is 0. The molecule has 2 aliphatic heterocycles. The van der Waals surface area contributed by atoms with Gasteiger partial charge in [-0.2, -0.15) is 0 Å². The Balaban J connectivity index is 1.85. The number of nitrogens with zero attached hydrogens (tertiary/aromatic N) is 1. The normalized spacial score (nSPS) is 28.8. The minimum atomic E-state index is -0.209. The smallest absolute Gasteiger partial charge is 0.124 e. The Kier molecular flexibility index (Phi) is 3.98. The van der Waals surface area contributed by atoms with Gasteiger partial charge in [-0.25, -0.2) is 0 Å². The molecule has 1 aromatic carbocycles. The molecule has 21 heavy (non-hydrogen) atoms. The van der Waals surface area contributed by atoms with E-state index in [1.54, 1.807) is 0 Å². The van der Waals surface area contributed by atoms with Crippen molar-refractivity contribution in [1.29, 1.82) is 0 Å². The highest BCUT2D eigenvalue weighted by Crippen LogP contribution is 2.43. The van der Waals surface area contributed by atoms with Crippen molar-refractivity contribution < 1.29 is 4.74 Å². The lowest BCUT2D eigenvalue weighted by atomic mass is 9.78. The van der Waals surface area contributed by atoms with Gasteiger partial charge in [0.25, 0.3) is 0 Å². The van der Waals surface area contributed by atoms with Gasteiger partial charge >= 0.3 is 0 Å². The van der Waals surface area contributed by atoms with Gasteiger partial charge in [-0.15, -0.1) is 0 Å². The zero-order chi connectivity index (χ0) is 15.0. The van der Waals surface area contributed by atoms with Crippen LogP contribution in [-0.2, 0) is 0 Å². The molecular weight excluding hydrogens is 260 g/mol. The number of piperidine rings is 1. The van der Waals surface area contributed by atoms with Crippen molar-refractivity contribution in [1.82, 2.24) is 4.90 Å². The molecule has 3 heteroatoms. The maximum Gasteiger partial charge on any atom is 0.124 e. The average molecular weight is 288 g/mol. The zero-order valence-electron chi connectivity index (χ0n) is 13.6. The third-order valence-electron chi connectivity index (χ3n) is 5.13. The van der Waals surface area contributed by atoms with Crippen molar-refractivity contribution in [2.45, 2.75) is 51.7 Å². The molecule has 116 valence electrons. The Morgan fingerprint density at radius 1 is 1.24 bits per heavy atom. The molecule has 2 heterocycles. The van der Waals surface area contributed by atoms with Crippen LogP contribution in [0.25, 0.3) is 0 Å². The molecule has 2 aliphatic rings. The van der Waals surface area contributed by atoms with E-state index in [4.69, 9.17) is 10.5 Å². The summed E-state index contributed by atoms with van der Waals surface area (Å²) in [6.07, 6.45) is 4.01. The minimum Gasteiger partial charge on any atom is -0.487 e. The lowest BCUT2D eigenvalue weighted by Gasteiger charge is -2.46. The quantitative estimate of drug-likeness (QED) is 0.907. The van der Waals surface area contributed by atoms with Gasteiger partial charge in [0.2, 0.25) is 0 Å². The van der Waals surface area contributed by atoms with Gasteiger partial charge < -0.3 is 15.4 Å². The van der Waals surface area contributed by atoms with Crippen LogP contribution in [-0.4, -0.2) is 30.1 Å². The van der Waals surface area contributed by atoms with Gasteiger partial charge in [0, 0.05) is 24.1 Å². The summed E-state index contributed by atoms with van der Waals surface area (Å²) in [6.45, 7) is 9.95. The predicted octanol–water partition coefficient (Wildman–Crippen LogP) is 3.27. The molecule has 1 fully saturated rings. The maximum atomic E-state index is 6.65. The summed E-state index contributed by atoms with van der Waals surface area (Å²) in [6, 6.07) is 6.43. The molecule has 2 unspecified atom stereocenters. The zero-order valence-corrected chi connectivity index (χ0v) is 13.6. The molecular formula is C18H28N2O. The average Bonchev–Trinajstić information content (AvgIpc) is 2.45. The van der Waals surface area contributed by atoms with Gasteiger partial charge in [-0.05, 0) is 52.8 Å². The molecule has 0 spiro atoms. The first-order chi connectivity index (χ1) is 9.97. The first-order valence-electron chi connectivity index (χ1n) is 8.25. The number of rotatable bonds is 2. The van der Waals surface area contributed by atoms with E-state index in [0.29, 0.717) is 5.92 Å². The largest absolute Gasteiger partial charge is 0.487 e. The van der Waals surface area contributed by atoms with Gasteiger partial charge in [0.15, 0.2) is 0 Å². The minimum absolute atomic E-state index is 0.0607. The van der Waals surface area contributed by atoms with Gasteiger partial charge in [-0.3, -0.25) is 0 Å². The summed E-state index contributed by atoms with van der Waals surface area (Å²) in [7, 11) is 0. The molecule has 1 saturated heterocycles. The molecule has 3 rings (SSSR count). The summed E-state index contributed by atoms with van der Waals surface area (Å²) in [5.74, 6) is 1.30. The Morgan fingerprint density at radius 3 is 2.67 bits per heavy atom. The fourth-order valence-corrected chi connectivity index (χ4v) is 3.78. The van der Waals surface area contributed by atoms with Crippen molar-refractivity contribution in [2.75, 3.05) is 19.6 Å². The highest BCUT2D eigenvalue weighted by atomic mass is 16.5. The molecule has 0 amide bonds. The number of ether oxygens (including phenoxy) is 1. The first kappa shape index (κ1) is 14.9. The van der Waals surface area contributed by atoms with E-state index < -0.39 is 0 Å². The Bertz CT molecular complexity index is 506. The van der Waals surface area contributed by atoms with E-state index in [0.717, 1.165) is 12.3 Å². The Morgan fingerprint density at radius 2 is 1.95 bits per heavy atom. The lowest BCUT2D eigenvalue weighted by Crippen LogP contribution is -2.52. The SMILES string of the molecule is Cc1ccc2c(c1)C(N)C(CN1CCCCC1)C(C)(C)O2. The topological polar surface area (TPSA) is 38.5 Å². The van der Waals surface area contributed by atoms with E-state index in [2.05, 4.69) is 43.9 Å². The van der Waals surface area contributed by atoms with Crippen molar-refractivity contribution in [3.8, 4) is 5.75 Å². The highest BCUT2D eigenvalue weighted by Gasteiger charge is 2.42. The third-order valence-corrected chi connectivity index (χ3v) is 5.13. The van der Waals surface area contributed by atoms with E-state index in [-0.39, 0.29) is 11.6 Å². The Labute approximate surface area is 128 Å². The van der Waals surface area contributed by atoms with E-state index >= 15 is 0 Å². The van der Waals surface area contributed by atoms with Crippen LogP contribution in [0.1, 0.15) is 50.3 Å². The highest BCUT2D eigenvalue weighted by molar-refractivity contribution is 5.42. The molecule has 0 aromatic heterocycles. The number of fused-ring (bicyclic) bond motifs is 1. The summed E-state index contributed by atoms with van der Waals surface area (Å²) in [4.78, 5) is 2.57. The second-order valence-electron chi connectivity index (χ2n) is 7.24.